The third-order valence-corrected chi connectivity index (χ3v) is 4.74. The first kappa shape index (κ1) is 15.4. The number of methoxy groups -OCH3 is 1. The van der Waals surface area contributed by atoms with E-state index in [1.807, 2.05) is 0 Å². The standard InChI is InChI=1S/C14H12N4O3S2/c1-17-12-11(23-14(17)22)13(20)18(7-15-12)16-6-8-3-4-9(19)10(5-8)21-2/h3-7,19H,1-2H3/b16-6-. The lowest BCUT2D eigenvalue weighted by Gasteiger charge is -2.03. The van der Waals surface area contributed by atoms with Crippen molar-refractivity contribution >= 4 is 40.1 Å². The number of aryl methyl sites for hydroxylation is 1. The minimum absolute atomic E-state index is 0.0361. The summed E-state index contributed by atoms with van der Waals surface area (Å²) < 4.78 is 8.90. The van der Waals surface area contributed by atoms with E-state index in [4.69, 9.17) is 17.0 Å². The Morgan fingerprint density at radius 1 is 1.48 bits per heavy atom. The molecule has 0 aliphatic rings. The van der Waals surface area contributed by atoms with E-state index in [1.54, 1.807) is 23.7 Å². The molecule has 1 N–H and O–H groups in total. The molecule has 1 aromatic carbocycles. The van der Waals surface area contributed by atoms with Crippen LogP contribution in [0.25, 0.3) is 10.3 Å². The number of aromatic nitrogens is 3. The van der Waals surface area contributed by atoms with E-state index in [-0.39, 0.29) is 11.3 Å². The van der Waals surface area contributed by atoms with E-state index in [2.05, 4.69) is 10.1 Å². The lowest BCUT2D eigenvalue weighted by atomic mass is 10.2. The Morgan fingerprint density at radius 2 is 2.26 bits per heavy atom. The Hall–Kier alpha value is -2.52. The van der Waals surface area contributed by atoms with Gasteiger partial charge in [0.05, 0.1) is 13.3 Å². The van der Waals surface area contributed by atoms with E-state index in [9.17, 15) is 9.90 Å². The number of hydrogen-bond acceptors (Lipinski definition) is 7. The molecule has 0 spiro atoms. The van der Waals surface area contributed by atoms with Gasteiger partial charge in [0, 0.05) is 7.05 Å². The number of aromatic hydroxyl groups is 1. The van der Waals surface area contributed by atoms with Gasteiger partial charge in [-0.1, -0.05) is 11.3 Å². The highest BCUT2D eigenvalue weighted by atomic mass is 32.1. The maximum atomic E-state index is 12.4. The van der Waals surface area contributed by atoms with Crippen LogP contribution in [0.15, 0.2) is 34.4 Å². The molecule has 0 amide bonds. The maximum Gasteiger partial charge on any atom is 0.293 e. The molecule has 0 saturated carbocycles. The van der Waals surface area contributed by atoms with Crippen molar-refractivity contribution in [2.24, 2.45) is 12.1 Å². The second-order valence-corrected chi connectivity index (χ2v) is 6.29. The highest BCUT2D eigenvalue weighted by Gasteiger charge is 2.09. The van der Waals surface area contributed by atoms with Gasteiger partial charge in [0.1, 0.15) is 11.0 Å². The summed E-state index contributed by atoms with van der Waals surface area (Å²) in [5, 5.41) is 13.7. The van der Waals surface area contributed by atoms with Crippen molar-refractivity contribution in [2.75, 3.05) is 7.11 Å². The van der Waals surface area contributed by atoms with Crippen molar-refractivity contribution in [3.63, 3.8) is 0 Å². The first-order chi connectivity index (χ1) is 11.0. The number of rotatable bonds is 3. The van der Waals surface area contributed by atoms with Gasteiger partial charge in [0.2, 0.25) is 0 Å². The summed E-state index contributed by atoms with van der Waals surface area (Å²) in [6.45, 7) is 0. The average Bonchev–Trinajstić information content (AvgIpc) is 2.84. The molecule has 3 rings (SSSR count). The molecule has 0 radical (unpaired) electrons. The van der Waals surface area contributed by atoms with Crippen LogP contribution in [0.3, 0.4) is 0 Å². The fraction of sp³-hybridized carbons (Fsp3) is 0.143. The molecule has 2 heterocycles. The van der Waals surface area contributed by atoms with E-state index in [1.165, 1.54) is 37.1 Å². The van der Waals surface area contributed by atoms with Crippen LogP contribution in [0.5, 0.6) is 11.5 Å². The van der Waals surface area contributed by atoms with E-state index >= 15 is 0 Å². The first-order valence-electron chi connectivity index (χ1n) is 6.50. The van der Waals surface area contributed by atoms with E-state index in [0.29, 0.717) is 25.6 Å². The van der Waals surface area contributed by atoms with Crippen molar-refractivity contribution in [3.05, 3.63) is 44.4 Å². The minimum atomic E-state index is -0.284. The Morgan fingerprint density at radius 3 is 3.00 bits per heavy atom. The molecule has 0 aliphatic heterocycles. The van der Waals surface area contributed by atoms with Crippen LogP contribution in [-0.2, 0) is 7.05 Å². The predicted octanol–water partition coefficient (Wildman–Crippen LogP) is 2.12. The summed E-state index contributed by atoms with van der Waals surface area (Å²) in [6.07, 6.45) is 2.83. The van der Waals surface area contributed by atoms with Crippen molar-refractivity contribution in [1.82, 2.24) is 14.2 Å². The van der Waals surface area contributed by atoms with Crippen LogP contribution in [0.4, 0.5) is 0 Å². The molecule has 0 bridgehead atoms. The van der Waals surface area contributed by atoms with Crippen LogP contribution in [0.1, 0.15) is 5.56 Å². The number of hydrogen-bond donors (Lipinski definition) is 1. The molecule has 0 fully saturated rings. The average molecular weight is 348 g/mol. The number of nitrogens with zero attached hydrogens (tertiary/aromatic N) is 4. The van der Waals surface area contributed by atoms with Crippen LogP contribution >= 0.6 is 23.6 Å². The topological polar surface area (TPSA) is 81.6 Å². The highest BCUT2D eigenvalue weighted by Crippen LogP contribution is 2.25. The molecule has 0 atom stereocenters. The zero-order valence-electron chi connectivity index (χ0n) is 12.3. The second-order valence-electron chi connectivity index (χ2n) is 4.65. The van der Waals surface area contributed by atoms with Crippen molar-refractivity contribution in [3.8, 4) is 11.5 Å². The van der Waals surface area contributed by atoms with Crippen molar-refractivity contribution < 1.29 is 9.84 Å². The minimum Gasteiger partial charge on any atom is -0.504 e. The zero-order valence-corrected chi connectivity index (χ0v) is 13.9. The number of thiazole rings is 1. The van der Waals surface area contributed by atoms with Gasteiger partial charge < -0.3 is 14.4 Å². The van der Waals surface area contributed by atoms with Crippen LogP contribution in [0.2, 0.25) is 0 Å². The Labute approximate surface area is 139 Å². The number of phenols is 1. The smallest absolute Gasteiger partial charge is 0.293 e. The van der Waals surface area contributed by atoms with Gasteiger partial charge in [-0.25, -0.2) is 4.98 Å². The lowest BCUT2D eigenvalue weighted by molar-refractivity contribution is 0.373. The molecule has 9 heteroatoms. The Bertz CT molecular complexity index is 1030. The monoisotopic (exact) mass is 348 g/mol. The summed E-state index contributed by atoms with van der Waals surface area (Å²) in [7, 11) is 3.23. The Kier molecular flexibility index (Phi) is 3.97. The van der Waals surface area contributed by atoms with Gasteiger partial charge in [-0.2, -0.15) is 9.78 Å². The molecule has 118 valence electrons. The van der Waals surface area contributed by atoms with Crippen LogP contribution in [-0.4, -0.2) is 32.7 Å². The molecule has 0 unspecified atom stereocenters. The van der Waals surface area contributed by atoms with Gasteiger partial charge in [0.15, 0.2) is 21.1 Å². The second kappa shape index (κ2) is 5.94. The van der Waals surface area contributed by atoms with Gasteiger partial charge in [0.25, 0.3) is 5.56 Å². The highest BCUT2D eigenvalue weighted by molar-refractivity contribution is 7.73. The quantitative estimate of drug-likeness (QED) is 0.579. The zero-order chi connectivity index (χ0) is 16.6. The SMILES string of the molecule is COc1cc(/C=N\n2cnc3c(sc(=S)n3C)c2=O)ccc1O. The number of benzene rings is 1. The molecular weight excluding hydrogens is 336 g/mol. The van der Waals surface area contributed by atoms with E-state index in [0.717, 1.165) is 4.68 Å². The summed E-state index contributed by atoms with van der Waals surface area (Å²) in [4.78, 5) is 16.6. The lowest BCUT2D eigenvalue weighted by Crippen LogP contribution is -2.16. The summed E-state index contributed by atoms with van der Waals surface area (Å²) in [5.41, 5.74) is 0.934. The predicted molar refractivity (Wildman–Crippen MR) is 91.3 cm³/mol. The summed E-state index contributed by atoms with van der Waals surface area (Å²) in [5.74, 6) is 0.366. The normalized spacial score (nSPS) is 11.4. The largest absolute Gasteiger partial charge is 0.504 e. The van der Waals surface area contributed by atoms with E-state index < -0.39 is 0 Å². The van der Waals surface area contributed by atoms with Crippen LogP contribution in [0, 0.1) is 3.95 Å². The van der Waals surface area contributed by atoms with Crippen molar-refractivity contribution in [2.45, 2.75) is 0 Å². The maximum absolute atomic E-state index is 12.4. The number of ether oxygens (including phenoxy) is 1. The number of fused-ring (bicyclic) bond motifs is 1. The summed E-state index contributed by atoms with van der Waals surface area (Å²) >= 11 is 6.36. The summed E-state index contributed by atoms with van der Waals surface area (Å²) in [6, 6.07) is 4.76. The van der Waals surface area contributed by atoms with Gasteiger partial charge in [-0.15, -0.1) is 0 Å². The molecular formula is C14H12N4O3S2. The van der Waals surface area contributed by atoms with Gasteiger partial charge >= 0.3 is 0 Å². The molecule has 23 heavy (non-hydrogen) atoms. The Balaban J connectivity index is 2.03. The fourth-order valence-electron chi connectivity index (χ4n) is 1.98. The molecule has 2 aromatic heterocycles. The third-order valence-electron chi connectivity index (χ3n) is 3.21. The first-order valence-corrected chi connectivity index (χ1v) is 7.72. The third kappa shape index (κ3) is 2.76. The molecule has 3 aromatic rings. The van der Waals surface area contributed by atoms with Gasteiger partial charge in [-0.05, 0) is 36.0 Å². The van der Waals surface area contributed by atoms with Crippen molar-refractivity contribution in [1.29, 1.82) is 0 Å². The number of phenolic OH excluding ortho intramolecular Hbond substituents is 1. The fourth-order valence-corrected chi connectivity index (χ4v) is 3.17. The molecule has 7 nitrogen and oxygen atoms in total. The van der Waals surface area contributed by atoms with Crippen LogP contribution < -0.4 is 10.3 Å². The molecule has 0 aliphatic carbocycles. The van der Waals surface area contributed by atoms with Gasteiger partial charge in [-0.3, -0.25) is 4.79 Å². The molecule has 0 saturated heterocycles.